The van der Waals surface area contributed by atoms with Gasteiger partial charge in [-0.25, -0.2) is 4.98 Å². The van der Waals surface area contributed by atoms with E-state index in [4.69, 9.17) is 10.2 Å². The maximum absolute atomic E-state index is 10.8. The number of primary amides is 1. The third kappa shape index (κ3) is 1.50. The highest BCUT2D eigenvalue weighted by molar-refractivity contribution is 5.93. The predicted octanol–water partition coefficient (Wildman–Crippen LogP) is 1.44. The molecule has 0 atom stereocenters. The molecule has 1 aromatic heterocycles. The molecule has 2 rings (SSSR count). The average Bonchev–Trinajstić information content (AvgIpc) is 2.71. The lowest BCUT2D eigenvalue weighted by atomic mass is 10.1. The van der Waals surface area contributed by atoms with Crippen LogP contribution in [-0.2, 0) is 0 Å². The van der Waals surface area contributed by atoms with E-state index in [1.807, 2.05) is 0 Å². The van der Waals surface area contributed by atoms with Crippen molar-refractivity contribution >= 4 is 5.91 Å². The van der Waals surface area contributed by atoms with Gasteiger partial charge >= 0.3 is 0 Å². The molecule has 0 radical (unpaired) electrons. The zero-order valence-electron chi connectivity index (χ0n) is 7.31. The van der Waals surface area contributed by atoms with Crippen molar-refractivity contribution in [3.05, 3.63) is 42.3 Å². The quantitative estimate of drug-likeness (QED) is 0.775. The summed E-state index contributed by atoms with van der Waals surface area (Å²) in [6.45, 7) is 0. The first-order valence-electron chi connectivity index (χ1n) is 4.07. The van der Waals surface area contributed by atoms with Crippen molar-refractivity contribution in [1.82, 2.24) is 4.98 Å². The third-order valence-corrected chi connectivity index (χ3v) is 1.85. The van der Waals surface area contributed by atoms with Crippen LogP contribution in [0.5, 0.6) is 0 Å². The molecule has 0 spiro atoms. The van der Waals surface area contributed by atoms with Crippen molar-refractivity contribution in [2.45, 2.75) is 0 Å². The molecule has 4 heteroatoms. The summed E-state index contributed by atoms with van der Waals surface area (Å²) in [7, 11) is 0. The lowest BCUT2D eigenvalue weighted by molar-refractivity contribution is 0.100. The molecule has 0 fully saturated rings. The van der Waals surface area contributed by atoms with E-state index >= 15 is 0 Å². The van der Waals surface area contributed by atoms with E-state index in [9.17, 15) is 4.79 Å². The van der Waals surface area contributed by atoms with Gasteiger partial charge in [0, 0.05) is 11.1 Å². The predicted molar refractivity (Wildman–Crippen MR) is 50.5 cm³/mol. The standard InChI is InChI=1S/C10H8N2O2/c11-9(13)7-1-3-8(4-2-7)10-12-5-6-14-10/h1-6H,(H2,11,13). The Morgan fingerprint density at radius 1 is 1.29 bits per heavy atom. The Labute approximate surface area is 80.4 Å². The van der Waals surface area contributed by atoms with Gasteiger partial charge in [0.05, 0.1) is 6.20 Å². The summed E-state index contributed by atoms with van der Waals surface area (Å²) in [4.78, 5) is 14.8. The fourth-order valence-electron chi connectivity index (χ4n) is 1.14. The zero-order valence-corrected chi connectivity index (χ0v) is 7.31. The highest BCUT2D eigenvalue weighted by atomic mass is 16.3. The Morgan fingerprint density at radius 3 is 2.50 bits per heavy atom. The Bertz CT molecular complexity index is 432. The van der Waals surface area contributed by atoms with Crippen LogP contribution in [0.2, 0.25) is 0 Å². The van der Waals surface area contributed by atoms with Gasteiger partial charge in [0.2, 0.25) is 11.8 Å². The lowest BCUT2D eigenvalue weighted by Crippen LogP contribution is -2.10. The number of oxazole rings is 1. The average molecular weight is 188 g/mol. The van der Waals surface area contributed by atoms with Gasteiger partial charge in [0.25, 0.3) is 0 Å². The van der Waals surface area contributed by atoms with Crippen molar-refractivity contribution in [3.8, 4) is 11.5 Å². The van der Waals surface area contributed by atoms with E-state index in [0.717, 1.165) is 5.56 Å². The molecule has 1 amide bonds. The van der Waals surface area contributed by atoms with Gasteiger partial charge in [0.1, 0.15) is 6.26 Å². The first kappa shape index (κ1) is 8.50. The fraction of sp³-hybridized carbons (Fsp3) is 0. The van der Waals surface area contributed by atoms with Gasteiger partial charge in [-0.05, 0) is 24.3 Å². The normalized spacial score (nSPS) is 10.0. The van der Waals surface area contributed by atoms with E-state index in [1.165, 1.54) is 6.26 Å². The molecule has 0 unspecified atom stereocenters. The van der Waals surface area contributed by atoms with Crippen LogP contribution < -0.4 is 5.73 Å². The second-order valence-electron chi connectivity index (χ2n) is 2.78. The molecule has 1 heterocycles. The number of hydrogen-bond acceptors (Lipinski definition) is 3. The van der Waals surface area contributed by atoms with Crippen molar-refractivity contribution in [3.63, 3.8) is 0 Å². The number of rotatable bonds is 2. The number of carbonyl (C=O) groups is 1. The van der Waals surface area contributed by atoms with Gasteiger partial charge in [-0.2, -0.15) is 0 Å². The molecule has 0 saturated carbocycles. The Kier molecular flexibility index (Phi) is 2.02. The number of benzene rings is 1. The molecule has 0 saturated heterocycles. The Balaban J connectivity index is 2.36. The molecule has 4 nitrogen and oxygen atoms in total. The number of carbonyl (C=O) groups excluding carboxylic acids is 1. The molecule has 14 heavy (non-hydrogen) atoms. The molecule has 0 aliphatic heterocycles. The van der Waals surface area contributed by atoms with Crippen LogP contribution in [0.4, 0.5) is 0 Å². The summed E-state index contributed by atoms with van der Waals surface area (Å²) in [6, 6.07) is 6.77. The van der Waals surface area contributed by atoms with Gasteiger partial charge in [0.15, 0.2) is 0 Å². The third-order valence-electron chi connectivity index (χ3n) is 1.85. The highest BCUT2D eigenvalue weighted by Gasteiger charge is 2.03. The van der Waals surface area contributed by atoms with E-state index in [1.54, 1.807) is 30.5 Å². The molecule has 0 bridgehead atoms. The monoisotopic (exact) mass is 188 g/mol. The summed E-state index contributed by atoms with van der Waals surface area (Å²) in [5, 5.41) is 0. The van der Waals surface area contributed by atoms with Crippen LogP contribution in [0.3, 0.4) is 0 Å². The molecule has 0 aliphatic rings. The van der Waals surface area contributed by atoms with Crippen molar-refractivity contribution in [2.24, 2.45) is 5.73 Å². The van der Waals surface area contributed by atoms with Gasteiger partial charge in [-0.1, -0.05) is 0 Å². The topological polar surface area (TPSA) is 69.1 Å². The van der Waals surface area contributed by atoms with Crippen LogP contribution in [0.25, 0.3) is 11.5 Å². The van der Waals surface area contributed by atoms with Gasteiger partial charge in [-0.15, -0.1) is 0 Å². The van der Waals surface area contributed by atoms with Gasteiger partial charge in [-0.3, -0.25) is 4.79 Å². The summed E-state index contributed by atoms with van der Waals surface area (Å²) in [5.74, 6) is 0.0879. The zero-order chi connectivity index (χ0) is 9.97. The van der Waals surface area contributed by atoms with Crippen molar-refractivity contribution in [2.75, 3.05) is 0 Å². The SMILES string of the molecule is NC(=O)c1ccc(-c2ncco2)cc1. The molecule has 70 valence electrons. The molecular weight excluding hydrogens is 180 g/mol. The maximum atomic E-state index is 10.8. The van der Waals surface area contributed by atoms with E-state index in [0.29, 0.717) is 11.5 Å². The number of hydrogen-bond donors (Lipinski definition) is 1. The summed E-state index contributed by atoms with van der Waals surface area (Å²) >= 11 is 0. The number of amides is 1. The van der Waals surface area contributed by atoms with Crippen LogP contribution in [0, 0.1) is 0 Å². The minimum Gasteiger partial charge on any atom is -0.445 e. The second kappa shape index (κ2) is 3.33. The highest BCUT2D eigenvalue weighted by Crippen LogP contribution is 2.16. The van der Waals surface area contributed by atoms with Crippen molar-refractivity contribution < 1.29 is 9.21 Å². The first-order chi connectivity index (χ1) is 6.77. The maximum Gasteiger partial charge on any atom is 0.248 e. The van der Waals surface area contributed by atoms with Gasteiger partial charge < -0.3 is 10.2 Å². The molecule has 1 aromatic carbocycles. The Hall–Kier alpha value is -2.10. The minimum absolute atomic E-state index is 0.441. The van der Waals surface area contributed by atoms with E-state index in [-0.39, 0.29) is 0 Å². The number of nitrogens with zero attached hydrogens (tertiary/aromatic N) is 1. The smallest absolute Gasteiger partial charge is 0.248 e. The lowest BCUT2D eigenvalue weighted by Gasteiger charge is -1.96. The Morgan fingerprint density at radius 2 is 2.00 bits per heavy atom. The minimum atomic E-state index is -0.441. The van der Waals surface area contributed by atoms with Crippen molar-refractivity contribution in [1.29, 1.82) is 0 Å². The number of aromatic nitrogens is 1. The van der Waals surface area contributed by atoms with E-state index < -0.39 is 5.91 Å². The summed E-state index contributed by atoms with van der Waals surface area (Å²) in [5.41, 5.74) is 6.40. The molecular formula is C10H8N2O2. The van der Waals surface area contributed by atoms with Crippen LogP contribution >= 0.6 is 0 Å². The van der Waals surface area contributed by atoms with E-state index in [2.05, 4.69) is 4.98 Å². The number of nitrogens with two attached hydrogens (primary N) is 1. The second-order valence-corrected chi connectivity index (χ2v) is 2.78. The van der Waals surface area contributed by atoms with Crippen LogP contribution in [0.1, 0.15) is 10.4 Å². The summed E-state index contributed by atoms with van der Waals surface area (Å²) in [6.07, 6.45) is 3.06. The van der Waals surface area contributed by atoms with Crippen LogP contribution in [-0.4, -0.2) is 10.9 Å². The molecule has 0 aliphatic carbocycles. The molecule has 2 aromatic rings. The summed E-state index contributed by atoms with van der Waals surface area (Å²) < 4.78 is 5.09. The largest absolute Gasteiger partial charge is 0.445 e. The first-order valence-corrected chi connectivity index (χ1v) is 4.07. The van der Waals surface area contributed by atoms with Crippen LogP contribution in [0.15, 0.2) is 41.1 Å². The molecule has 2 N–H and O–H groups in total. The fourth-order valence-corrected chi connectivity index (χ4v) is 1.14.